The van der Waals surface area contributed by atoms with Gasteiger partial charge in [-0.3, -0.25) is 4.79 Å². The lowest BCUT2D eigenvalue weighted by Crippen LogP contribution is -2.53. The van der Waals surface area contributed by atoms with Crippen molar-refractivity contribution < 1.29 is 29.3 Å². The van der Waals surface area contributed by atoms with Crippen molar-refractivity contribution in [1.82, 2.24) is 10.6 Å². The molecule has 8 nitrogen and oxygen atoms in total. The molecule has 8 heteroatoms. The van der Waals surface area contributed by atoms with Gasteiger partial charge in [0.2, 0.25) is 5.91 Å². The van der Waals surface area contributed by atoms with E-state index in [1.165, 1.54) is 6.92 Å². The standard InChI is InChI=1S/C26H30N2O6/c1-15(29)23(25(31)32)28-24(30)21(16-7-6-8-16)13-27-26(33)34-14-22-19-11-4-2-9-17(19)18-10-3-5-12-20(18)22/h2-5,9-12,15-16,21-23,29H,6-8,13-14H2,1H3,(H,27,33)(H,28,30)(H,31,32)/t15-,21?,23+/m1/s1. The van der Waals surface area contributed by atoms with Gasteiger partial charge in [-0.2, -0.15) is 0 Å². The molecule has 0 saturated heterocycles. The molecule has 2 aromatic carbocycles. The van der Waals surface area contributed by atoms with E-state index < -0.39 is 36.0 Å². The number of hydrogen-bond acceptors (Lipinski definition) is 5. The first-order valence-electron chi connectivity index (χ1n) is 11.7. The summed E-state index contributed by atoms with van der Waals surface area (Å²) in [6.07, 6.45) is 0.786. The van der Waals surface area contributed by atoms with Crippen LogP contribution in [0.25, 0.3) is 11.1 Å². The van der Waals surface area contributed by atoms with Gasteiger partial charge in [0.05, 0.1) is 12.0 Å². The summed E-state index contributed by atoms with van der Waals surface area (Å²) in [5.74, 6) is -2.39. The SMILES string of the molecule is C[C@@H](O)[C@H](NC(=O)C(CNC(=O)OCC1c2ccccc2-c2ccccc21)C1CCC1)C(=O)O. The van der Waals surface area contributed by atoms with E-state index in [1.54, 1.807) is 0 Å². The molecule has 0 bridgehead atoms. The Balaban J connectivity index is 1.36. The van der Waals surface area contributed by atoms with Crippen molar-refractivity contribution in [3.63, 3.8) is 0 Å². The van der Waals surface area contributed by atoms with Crippen molar-refractivity contribution in [1.29, 1.82) is 0 Å². The number of rotatable bonds is 9. The third kappa shape index (κ3) is 4.92. The minimum Gasteiger partial charge on any atom is -0.480 e. The summed E-state index contributed by atoms with van der Waals surface area (Å²) in [4.78, 5) is 36.6. The topological polar surface area (TPSA) is 125 Å². The zero-order chi connectivity index (χ0) is 24.2. The molecule has 3 atom stereocenters. The van der Waals surface area contributed by atoms with Crippen molar-refractivity contribution in [3.8, 4) is 11.1 Å². The molecule has 2 aliphatic carbocycles. The highest BCUT2D eigenvalue weighted by molar-refractivity contribution is 5.86. The van der Waals surface area contributed by atoms with Crippen molar-refractivity contribution in [2.45, 2.75) is 44.2 Å². The molecular formula is C26H30N2O6. The second kappa shape index (κ2) is 10.3. The number of carboxylic acid groups (broad SMARTS) is 1. The first-order valence-corrected chi connectivity index (χ1v) is 11.7. The summed E-state index contributed by atoms with van der Waals surface area (Å²) in [6, 6.07) is 14.7. The summed E-state index contributed by atoms with van der Waals surface area (Å²) in [5.41, 5.74) is 4.50. The second-order valence-corrected chi connectivity index (χ2v) is 9.07. The van der Waals surface area contributed by atoms with Gasteiger partial charge in [0.1, 0.15) is 6.61 Å². The third-order valence-corrected chi connectivity index (χ3v) is 6.91. The van der Waals surface area contributed by atoms with E-state index in [0.717, 1.165) is 41.5 Å². The Morgan fingerprint density at radius 3 is 2.12 bits per heavy atom. The van der Waals surface area contributed by atoms with Crippen LogP contribution in [0.15, 0.2) is 48.5 Å². The molecule has 2 aliphatic rings. The Kier molecular flexibility index (Phi) is 7.17. The van der Waals surface area contributed by atoms with Gasteiger partial charge in [-0.15, -0.1) is 0 Å². The maximum Gasteiger partial charge on any atom is 0.407 e. The lowest BCUT2D eigenvalue weighted by Gasteiger charge is -2.33. The maximum absolute atomic E-state index is 12.8. The van der Waals surface area contributed by atoms with Gasteiger partial charge in [0, 0.05) is 12.5 Å². The Morgan fingerprint density at radius 1 is 1.03 bits per heavy atom. The summed E-state index contributed by atoms with van der Waals surface area (Å²) in [7, 11) is 0. The maximum atomic E-state index is 12.8. The zero-order valence-corrected chi connectivity index (χ0v) is 19.1. The van der Waals surface area contributed by atoms with Crippen molar-refractivity contribution in [2.24, 2.45) is 11.8 Å². The van der Waals surface area contributed by atoms with Gasteiger partial charge >= 0.3 is 12.1 Å². The monoisotopic (exact) mass is 466 g/mol. The van der Waals surface area contributed by atoms with Gasteiger partial charge in [0.25, 0.3) is 0 Å². The number of carbonyl (C=O) groups excluding carboxylic acids is 2. The molecule has 4 rings (SSSR count). The van der Waals surface area contributed by atoms with E-state index >= 15 is 0 Å². The van der Waals surface area contributed by atoms with Crippen molar-refractivity contribution in [2.75, 3.05) is 13.2 Å². The normalized spacial score (nSPS) is 17.5. The summed E-state index contributed by atoms with van der Waals surface area (Å²) < 4.78 is 5.54. The molecule has 1 fully saturated rings. The fourth-order valence-corrected chi connectivity index (χ4v) is 4.81. The highest BCUT2D eigenvalue weighted by Crippen LogP contribution is 2.44. The minimum absolute atomic E-state index is 0.0410. The van der Waals surface area contributed by atoms with E-state index in [1.807, 2.05) is 36.4 Å². The Labute approximate surface area is 198 Å². The van der Waals surface area contributed by atoms with Crippen LogP contribution < -0.4 is 10.6 Å². The van der Waals surface area contributed by atoms with Crippen LogP contribution in [0.5, 0.6) is 0 Å². The molecule has 0 aromatic heterocycles. The van der Waals surface area contributed by atoms with Crippen LogP contribution in [-0.2, 0) is 14.3 Å². The predicted molar refractivity (Wildman–Crippen MR) is 125 cm³/mol. The molecular weight excluding hydrogens is 436 g/mol. The van der Waals surface area contributed by atoms with Crippen molar-refractivity contribution >= 4 is 18.0 Å². The molecule has 180 valence electrons. The Morgan fingerprint density at radius 2 is 1.62 bits per heavy atom. The van der Waals surface area contributed by atoms with Gasteiger partial charge in [-0.1, -0.05) is 55.0 Å². The number of fused-ring (bicyclic) bond motifs is 3. The fourth-order valence-electron chi connectivity index (χ4n) is 4.81. The summed E-state index contributed by atoms with van der Waals surface area (Å²) in [5, 5.41) is 24.0. The van der Waals surface area contributed by atoms with Gasteiger partial charge in [0.15, 0.2) is 6.04 Å². The number of benzene rings is 2. The smallest absolute Gasteiger partial charge is 0.407 e. The third-order valence-electron chi connectivity index (χ3n) is 6.91. The van der Waals surface area contributed by atoms with E-state index in [9.17, 15) is 24.6 Å². The lowest BCUT2D eigenvalue weighted by atomic mass is 9.75. The number of aliphatic hydroxyl groups excluding tert-OH is 1. The number of hydrogen-bond donors (Lipinski definition) is 4. The van der Waals surface area contributed by atoms with Crippen LogP contribution >= 0.6 is 0 Å². The first kappa shape index (κ1) is 23.8. The molecule has 0 spiro atoms. The van der Waals surface area contributed by atoms with E-state index in [0.29, 0.717) is 0 Å². The van der Waals surface area contributed by atoms with Gasteiger partial charge in [-0.25, -0.2) is 9.59 Å². The van der Waals surface area contributed by atoms with E-state index in [-0.39, 0.29) is 25.0 Å². The second-order valence-electron chi connectivity index (χ2n) is 9.07. The number of amides is 2. The Bertz CT molecular complexity index is 1020. The van der Waals surface area contributed by atoms with Crippen LogP contribution in [0.2, 0.25) is 0 Å². The zero-order valence-electron chi connectivity index (χ0n) is 19.1. The highest BCUT2D eigenvalue weighted by atomic mass is 16.5. The lowest BCUT2D eigenvalue weighted by molar-refractivity contribution is -0.146. The quantitative estimate of drug-likeness (QED) is 0.450. The molecule has 1 saturated carbocycles. The molecule has 0 radical (unpaired) electrons. The largest absolute Gasteiger partial charge is 0.480 e. The van der Waals surface area contributed by atoms with E-state index in [4.69, 9.17) is 4.74 Å². The number of carboxylic acids is 1. The van der Waals surface area contributed by atoms with Crippen molar-refractivity contribution in [3.05, 3.63) is 59.7 Å². The average molecular weight is 467 g/mol. The number of alkyl carbamates (subject to hydrolysis) is 1. The molecule has 1 unspecified atom stereocenters. The summed E-state index contributed by atoms with van der Waals surface area (Å²) in [6.45, 7) is 1.52. The number of aliphatic carboxylic acids is 1. The van der Waals surface area contributed by atoms with Crippen LogP contribution in [-0.4, -0.2) is 53.5 Å². The molecule has 0 heterocycles. The van der Waals surface area contributed by atoms with Gasteiger partial charge < -0.3 is 25.6 Å². The number of nitrogens with one attached hydrogen (secondary N) is 2. The first-order chi connectivity index (χ1) is 16.4. The minimum atomic E-state index is -1.40. The highest BCUT2D eigenvalue weighted by Gasteiger charge is 2.36. The molecule has 2 amide bonds. The number of aliphatic hydroxyl groups is 1. The molecule has 2 aromatic rings. The number of carbonyl (C=O) groups is 3. The Hall–Kier alpha value is -3.39. The van der Waals surface area contributed by atoms with Gasteiger partial charge in [-0.05, 0) is 47.9 Å². The summed E-state index contributed by atoms with van der Waals surface area (Å²) >= 11 is 0. The van der Waals surface area contributed by atoms with Crippen LogP contribution in [0.3, 0.4) is 0 Å². The number of ether oxygens (including phenoxy) is 1. The molecule has 34 heavy (non-hydrogen) atoms. The van der Waals surface area contributed by atoms with E-state index in [2.05, 4.69) is 22.8 Å². The predicted octanol–water partition coefficient (Wildman–Crippen LogP) is 2.89. The van der Waals surface area contributed by atoms with Crippen LogP contribution in [0, 0.1) is 11.8 Å². The molecule has 0 aliphatic heterocycles. The van der Waals surface area contributed by atoms with Crippen LogP contribution in [0.1, 0.15) is 43.2 Å². The average Bonchev–Trinajstić information content (AvgIpc) is 3.10. The van der Waals surface area contributed by atoms with Crippen LogP contribution in [0.4, 0.5) is 4.79 Å². The fraction of sp³-hybridized carbons (Fsp3) is 0.423. The molecule has 4 N–H and O–H groups in total.